The van der Waals surface area contributed by atoms with E-state index >= 15 is 0 Å². The number of rotatable bonds is 8. The van der Waals surface area contributed by atoms with Crippen molar-refractivity contribution < 1.29 is 8.42 Å². The molecule has 3 nitrogen and oxygen atoms in total. The van der Waals surface area contributed by atoms with Crippen molar-refractivity contribution in [1.82, 2.24) is 5.32 Å². The van der Waals surface area contributed by atoms with E-state index in [4.69, 9.17) is 0 Å². The van der Waals surface area contributed by atoms with E-state index in [1.165, 1.54) is 11.1 Å². The van der Waals surface area contributed by atoms with Crippen molar-refractivity contribution in [2.45, 2.75) is 39.7 Å². The summed E-state index contributed by atoms with van der Waals surface area (Å²) in [6.45, 7) is 6.74. The van der Waals surface area contributed by atoms with E-state index < -0.39 is 9.84 Å². The molecule has 0 aliphatic heterocycles. The Kier molecular flexibility index (Phi) is 7.20. The van der Waals surface area contributed by atoms with E-state index in [1.54, 1.807) is 6.92 Å². The average Bonchev–Trinajstić information content (AvgIpc) is 2.38. The molecule has 1 rings (SSSR count). The number of benzene rings is 1. The Labute approximate surface area is 131 Å². The largest absolute Gasteiger partial charge is 0.310 e. The van der Waals surface area contributed by atoms with E-state index in [0.717, 1.165) is 17.4 Å². The zero-order chi connectivity index (χ0) is 15.2. The Morgan fingerprint density at radius 2 is 2.00 bits per heavy atom. The second kappa shape index (κ2) is 8.15. The number of hydrogen-bond donors (Lipinski definition) is 1. The molecule has 0 aliphatic rings. The van der Waals surface area contributed by atoms with Crippen LogP contribution in [0.4, 0.5) is 0 Å². The highest BCUT2D eigenvalue weighted by Gasteiger charge is 2.15. The first-order valence-corrected chi connectivity index (χ1v) is 9.71. The molecular weight excluding hydrogens is 338 g/mol. The third-order valence-electron chi connectivity index (χ3n) is 3.45. The van der Waals surface area contributed by atoms with E-state index in [0.29, 0.717) is 6.42 Å². The molecule has 0 aliphatic carbocycles. The monoisotopic (exact) mass is 361 g/mol. The lowest BCUT2D eigenvalue weighted by Crippen LogP contribution is -2.22. The van der Waals surface area contributed by atoms with Crippen molar-refractivity contribution >= 4 is 25.8 Å². The lowest BCUT2D eigenvalue weighted by molar-refractivity contribution is 0.504. The van der Waals surface area contributed by atoms with Crippen LogP contribution < -0.4 is 5.32 Å². The first kappa shape index (κ1) is 17.7. The van der Waals surface area contributed by atoms with Crippen LogP contribution in [-0.2, 0) is 9.84 Å². The molecule has 0 saturated carbocycles. The van der Waals surface area contributed by atoms with Crippen molar-refractivity contribution in [2.75, 3.05) is 18.1 Å². The summed E-state index contributed by atoms with van der Waals surface area (Å²) in [5.41, 5.74) is 2.48. The maximum atomic E-state index is 11.6. The molecule has 1 aromatic rings. The lowest BCUT2D eigenvalue weighted by atomic mass is 9.98. The molecule has 0 bridgehead atoms. The van der Waals surface area contributed by atoms with Gasteiger partial charge in [-0.15, -0.1) is 0 Å². The van der Waals surface area contributed by atoms with Crippen molar-refractivity contribution in [3.8, 4) is 0 Å². The summed E-state index contributed by atoms with van der Waals surface area (Å²) in [6.07, 6.45) is 1.54. The molecule has 1 aromatic carbocycles. The molecule has 0 fully saturated rings. The van der Waals surface area contributed by atoms with Crippen molar-refractivity contribution in [3.05, 3.63) is 33.8 Å². The smallest absolute Gasteiger partial charge is 0.150 e. The molecule has 0 amide bonds. The highest BCUT2D eigenvalue weighted by Crippen LogP contribution is 2.25. The average molecular weight is 362 g/mol. The molecular formula is C15H24BrNO2S. The number of nitrogens with one attached hydrogen (secondary N) is 1. The number of hydrogen-bond acceptors (Lipinski definition) is 3. The van der Waals surface area contributed by atoms with Crippen LogP contribution in [0.2, 0.25) is 0 Å². The summed E-state index contributed by atoms with van der Waals surface area (Å²) < 4.78 is 24.2. The van der Waals surface area contributed by atoms with Crippen LogP contribution in [0.25, 0.3) is 0 Å². The van der Waals surface area contributed by atoms with Gasteiger partial charge in [-0.25, -0.2) is 8.42 Å². The van der Waals surface area contributed by atoms with E-state index in [1.807, 2.05) is 6.07 Å². The van der Waals surface area contributed by atoms with Crippen LogP contribution in [0.3, 0.4) is 0 Å². The van der Waals surface area contributed by atoms with Crippen molar-refractivity contribution in [2.24, 2.45) is 0 Å². The highest BCUT2D eigenvalue weighted by atomic mass is 79.9. The normalized spacial score (nSPS) is 13.4. The van der Waals surface area contributed by atoms with Gasteiger partial charge in [-0.3, -0.25) is 0 Å². The van der Waals surface area contributed by atoms with Crippen LogP contribution in [0.15, 0.2) is 22.7 Å². The van der Waals surface area contributed by atoms with Gasteiger partial charge in [-0.2, -0.15) is 0 Å². The van der Waals surface area contributed by atoms with Gasteiger partial charge in [0.25, 0.3) is 0 Å². The second-order valence-corrected chi connectivity index (χ2v) is 8.38. The van der Waals surface area contributed by atoms with Gasteiger partial charge in [0.1, 0.15) is 9.84 Å². The molecule has 1 unspecified atom stereocenters. The van der Waals surface area contributed by atoms with Crippen LogP contribution in [0, 0.1) is 6.92 Å². The standard InChI is InChI=1S/C15H24BrNO2S/c1-4-17-15(7-6-10-20(18,19)5-2)14-9-8-13(16)11-12(14)3/h8-9,11,15,17H,4-7,10H2,1-3H3. The first-order chi connectivity index (χ1) is 9.39. The molecule has 1 N–H and O–H groups in total. The topological polar surface area (TPSA) is 46.2 Å². The van der Waals surface area contributed by atoms with E-state index in [9.17, 15) is 8.42 Å². The van der Waals surface area contributed by atoms with E-state index in [-0.39, 0.29) is 17.5 Å². The molecule has 20 heavy (non-hydrogen) atoms. The Morgan fingerprint density at radius 3 is 2.55 bits per heavy atom. The number of sulfone groups is 1. The van der Waals surface area contributed by atoms with Gasteiger partial charge in [0, 0.05) is 16.3 Å². The van der Waals surface area contributed by atoms with Gasteiger partial charge < -0.3 is 5.32 Å². The SMILES string of the molecule is CCNC(CCCS(=O)(=O)CC)c1ccc(Br)cc1C. The summed E-state index contributed by atoms with van der Waals surface area (Å²) >= 11 is 3.47. The zero-order valence-electron chi connectivity index (χ0n) is 12.4. The molecule has 0 radical (unpaired) electrons. The maximum Gasteiger partial charge on any atom is 0.150 e. The second-order valence-electron chi connectivity index (χ2n) is 4.99. The fourth-order valence-electron chi connectivity index (χ4n) is 2.30. The fraction of sp³-hybridized carbons (Fsp3) is 0.600. The molecule has 0 heterocycles. The zero-order valence-corrected chi connectivity index (χ0v) is 14.9. The Hall–Kier alpha value is -0.390. The van der Waals surface area contributed by atoms with Gasteiger partial charge in [-0.1, -0.05) is 35.8 Å². The van der Waals surface area contributed by atoms with Gasteiger partial charge in [0.2, 0.25) is 0 Å². The summed E-state index contributed by atoms with van der Waals surface area (Å²) in [6, 6.07) is 6.47. The van der Waals surface area contributed by atoms with Crippen LogP contribution in [-0.4, -0.2) is 26.5 Å². The van der Waals surface area contributed by atoms with Gasteiger partial charge in [0.05, 0.1) is 5.75 Å². The number of halogens is 1. The first-order valence-electron chi connectivity index (χ1n) is 7.09. The van der Waals surface area contributed by atoms with Crippen LogP contribution in [0.5, 0.6) is 0 Å². The van der Waals surface area contributed by atoms with E-state index in [2.05, 4.69) is 47.2 Å². The molecule has 0 spiro atoms. The minimum absolute atomic E-state index is 0.222. The fourth-order valence-corrected chi connectivity index (χ4v) is 3.67. The summed E-state index contributed by atoms with van der Waals surface area (Å²) in [5.74, 6) is 0.511. The van der Waals surface area contributed by atoms with Crippen LogP contribution >= 0.6 is 15.9 Å². The Bertz CT molecular complexity index is 529. The molecule has 1 atom stereocenters. The quantitative estimate of drug-likeness (QED) is 0.768. The van der Waals surface area contributed by atoms with Gasteiger partial charge in [0.15, 0.2) is 0 Å². The van der Waals surface area contributed by atoms with Crippen molar-refractivity contribution in [1.29, 1.82) is 0 Å². The third kappa shape index (κ3) is 5.54. The lowest BCUT2D eigenvalue weighted by Gasteiger charge is -2.20. The summed E-state index contributed by atoms with van der Waals surface area (Å²) in [5, 5.41) is 3.45. The predicted octanol–water partition coefficient (Wildman–Crippen LogP) is 3.62. The maximum absolute atomic E-state index is 11.6. The van der Waals surface area contributed by atoms with Gasteiger partial charge in [-0.05, 0) is 49.6 Å². The van der Waals surface area contributed by atoms with Gasteiger partial charge >= 0.3 is 0 Å². The Morgan fingerprint density at radius 1 is 1.30 bits per heavy atom. The molecule has 0 aromatic heterocycles. The minimum atomic E-state index is -2.86. The van der Waals surface area contributed by atoms with Crippen molar-refractivity contribution in [3.63, 3.8) is 0 Å². The molecule has 0 saturated heterocycles. The number of aryl methyl sites for hydroxylation is 1. The van der Waals surface area contributed by atoms with Crippen LogP contribution in [0.1, 0.15) is 43.9 Å². The third-order valence-corrected chi connectivity index (χ3v) is 5.73. The summed E-state index contributed by atoms with van der Waals surface area (Å²) in [7, 11) is -2.86. The Balaban J connectivity index is 2.74. The minimum Gasteiger partial charge on any atom is -0.310 e. The predicted molar refractivity (Wildman–Crippen MR) is 88.9 cm³/mol. The highest BCUT2D eigenvalue weighted by molar-refractivity contribution is 9.10. The summed E-state index contributed by atoms with van der Waals surface area (Å²) in [4.78, 5) is 0. The molecule has 5 heteroatoms. The molecule has 114 valence electrons.